The minimum absolute atomic E-state index is 0.306. The molecule has 114 valence electrons. The van der Waals surface area contributed by atoms with E-state index in [1.165, 1.54) is 38.8 Å². The third-order valence-electron chi connectivity index (χ3n) is 4.38. The van der Waals surface area contributed by atoms with Crippen molar-refractivity contribution in [3.63, 3.8) is 0 Å². The van der Waals surface area contributed by atoms with Crippen LogP contribution < -0.4 is 5.32 Å². The van der Waals surface area contributed by atoms with E-state index in [0.29, 0.717) is 17.7 Å². The van der Waals surface area contributed by atoms with Gasteiger partial charge >= 0.3 is 0 Å². The van der Waals surface area contributed by atoms with Gasteiger partial charge in [0.1, 0.15) is 0 Å². The standard InChI is InChI=1S/C16H34N2O/c1-6-15-12-17-16(5,7-2)13-18(15)10-8-9-11-19-14(3)4/h14-15,17H,6-13H2,1-5H3. The highest BCUT2D eigenvalue weighted by Crippen LogP contribution is 2.20. The highest BCUT2D eigenvalue weighted by atomic mass is 16.5. The molecule has 0 aromatic rings. The van der Waals surface area contributed by atoms with Gasteiger partial charge in [-0.25, -0.2) is 0 Å². The average Bonchev–Trinajstić information content (AvgIpc) is 2.38. The van der Waals surface area contributed by atoms with Gasteiger partial charge in [0.2, 0.25) is 0 Å². The summed E-state index contributed by atoms with van der Waals surface area (Å²) >= 11 is 0. The Morgan fingerprint density at radius 2 is 2.05 bits per heavy atom. The lowest BCUT2D eigenvalue weighted by molar-refractivity contribution is 0.0611. The molecule has 1 N–H and O–H groups in total. The molecule has 3 nitrogen and oxygen atoms in total. The molecule has 0 aliphatic carbocycles. The fourth-order valence-corrected chi connectivity index (χ4v) is 2.76. The topological polar surface area (TPSA) is 24.5 Å². The van der Waals surface area contributed by atoms with Crippen LogP contribution in [0, 0.1) is 0 Å². The van der Waals surface area contributed by atoms with E-state index < -0.39 is 0 Å². The lowest BCUT2D eigenvalue weighted by Crippen LogP contribution is -2.62. The van der Waals surface area contributed by atoms with Crippen LogP contribution in [0.25, 0.3) is 0 Å². The van der Waals surface area contributed by atoms with E-state index in [-0.39, 0.29) is 0 Å². The highest BCUT2D eigenvalue weighted by molar-refractivity contribution is 4.93. The van der Waals surface area contributed by atoms with Crippen LogP contribution in [-0.4, -0.2) is 48.8 Å². The number of nitrogens with one attached hydrogen (secondary N) is 1. The van der Waals surface area contributed by atoms with E-state index >= 15 is 0 Å². The van der Waals surface area contributed by atoms with Gasteiger partial charge in [-0.3, -0.25) is 4.90 Å². The number of hydrogen-bond donors (Lipinski definition) is 1. The second-order valence-corrected chi connectivity index (χ2v) is 6.45. The molecule has 19 heavy (non-hydrogen) atoms. The van der Waals surface area contributed by atoms with Crippen molar-refractivity contribution in [2.75, 3.05) is 26.2 Å². The van der Waals surface area contributed by atoms with Gasteiger partial charge in [0.15, 0.2) is 0 Å². The monoisotopic (exact) mass is 270 g/mol. The summed E-state index contributed by atoms with van der Waals surface area (Å²) in [5, 5.41) is 3.73. The van der Waals surface area contributed by atoms with Gasteiger partial charge in [0, 0.05) is 31.3 Å². The first-order valence-corrected chi connectivity index (χ1v) is 8.11. The van der Waals surface area contributed by atoms with Gasteiger partial charge in [-0.15, -0.1) is 0 Å². The van der Waals surface area contributed by atoms with Crippen LogP contribution in [0.4, 0.5) is 0 Å². The van der Waals surface area contributed by atoms with Crippen molar-refractivity contribution in [3.05, 3.63) is 0 Å². The van der Waals surface area contributed by atoms with Crippen LogP contribution in [0.5, 0.6) is 0 Å². The lowest BCUT2D eigenvalue weighted by atomic mass is 9.92. The van der Waals surface area contributed by atoms with Crippen LogP contribution in [0.15, 0.2) is 0 Å². The van der Waals surface area contributed by atoms with E-state index in [4.69, 9.17) is 4.74 Å². The van der Waals surface area contributed by atoms with Crippen molar-refractivity contribution >= 4 is 0 Å². The quantitative estimate of drug-likeness (QED) is 0.686. The summed E-state index contributed by atoms with van der Waals surface area (Å²) in [4.78, 5) is 2.69. The Morgan fingerprint density at radius 3 is 2.63 bits per heavy atom. The Labute approximate surface area is 120 Å². The van der Waals surface area contributed by atoms with Crippen molar-refractivity contribution in [2.24, 2.45) is 0 Å². The van der Waals surface area contributed by atoms with Gasteiger partial charge in [0.05, 0.1) is 6.10 Å². The van der Waals surface area contributed by atoms with E-state index in [0.717, 1.165) is 13.2 Å². The maximum Gasteiger partial charge on any atom is 0.0518 e. The van der Waals surface area contributed by atoms with Crippen molar-refractivity contribution in [1.29, 1.82) is 0 Å². The Morgan fingerprint density at radius 1 is 1.32 bits per heavy atom. The SMILES string of the molecule is CCC1CNC(C)(CC)CN1CCCCOC(C)C. The minimum atomic E-state index is 0.306. The maximum atomic E-state index is 5.62. The number of hydrogen-bond acceptors (Lipinski definition) is 3. The predicted molar refractivity (Wildman–Crippen MR) is 82.7 cm³/mol. The first-order valence-electron chi connectivity index (χ1n) is 8.11. The molecule has 0 spiro atoms. The zero-order chi connectivity index (χ0) is 14.3. The summed E-state index contributed by atoms with van der Waals surface area (Å²) in [7, 11) is 0. The summed E-state index contributed by atoms with van der Waals surface area (Å²) < 4.78 is 5.62. The zero-order valence-electron chi connectivity index (χ0n) is 13.7. The van der Waals surface area contributed by atoms with Crippen molar-refractivity contribution < 1.29 is 4.74 Å². The molecular formula is C16H34N2O. The van der Waals surface area contributed by atoms with E-state index in [2.05, 4.69) is 44.8 Å². The molecule has 1 heterocycles. The Bertz CT molecular complexity index is 245. The number of piperazine rings is 1. The van der Waals surface area contributed by atoms with Crippen LogP contribution in [-0.2, 0) is 4.74 Å². The summed E-state index contributed by atoms with van der Waals surface area (Å²) in [6.07, 6.45) is 5.25. The van der Waals surface area contributed by atoms with Gasteiger partial charge in [0.25, 0.3) is 0 Å². The molecule has 1 aliphatic rings. The molecular weight excluding hydrogens is 236 g/mol. The molecule has 3 heteroatoms. The van der Waals surface area contributed by atoms with Gasteiger partial charge in [-0.2, -0.15) is 0 Å². The Hall–Kier alpha value is -0.120. The van der Waals surface area contributed by atoms with Crippen molar-refractivity contribution in [1.82, 2.24) is 10.2 Å². The molecule has 1 aliphatic heterocycles. The molecule has 0 radical (unpaired) electrons. The molecule has 1 fully saturated rings. The number of ether oxygens (including phenoxy) is 1. The predicted octanol–water partition coefficient (Wildman–Crippen LogP) is 3.04. The Balaban J connectivity index is 2.31. The second kappa shape index (κ2) is 8.23. The molecule has 0 saturated carbocycles. The first kappa shape index (κ1) is 16.9. The van der Waals surface area contributed by atoms with Crippen molar-refractivity contribution in [3.8, 4) is 0 Å². The summed E-state index contributed by atoms with van der Waals surface area (Å²) in [5.41, 5.74) is 0.306. The molecule has 1 rings (SSSR count). The van der Waals surface area contributed by atoms with E-state index in [9.17, 15) is 0 Å². The van der Waals surface area contributed by atoms with Crippen LogP contribution in [0.3, 0.4) is 0 Å². The zero-order valence-corrected chi connectivity index (χ0v) is 13.7. The third-order valence-corrected chi connectivity index (χ3v) is 4.38. The summed E-state index contributed by atoms with van der Waals surface area (Å²) in [6, 6.07) is 0.714. The number of unbranched alkanes of at least 4 members (excludes halogenated alkanes) is 1. The third kappa shape index (κ3) is 5.80. The second-order valence-electron chi connectivity index (χ2n) is 6.45. The molecule has 0 aromatic carbocycles. The molecule has 0 amide bonds. The normalized spacial score (nSPS) is 29.1. The number of nitrogens with zero attached hydrogens (tertiary/aromatic N) is 1. The molecule has 1 saturated heterocycles. The fourth-order valence-electron chi connectivity index (χ4n) is 2.76. The fraction of sp³-hybridized carbons (Fsp3) is 1.00. The number of rotatable bonds is 8. The molecule has 0 bridgehead atoms. The van der Waals surface area contributed by atoms with E-state index in [1.54, 1.807) is 0 Å². The molecule has 2 atom stereocenters. The summed E-state index contributed by atoms with van der Waals surface area (Å²) in [5.74, 6) is 0. The van der Waals surface area contributed by atoms with Gasteiger partial charge in [-0.1, -0.05) is 13.8 Å². The molecule has 0 aromatic heterocycles. The minimum Gasteiger partial charge on any atom is -0.379 e. The van der Waals surface area contributed by atoms with Gasteiger partial charge < -0.3 is 10.1 Å². The lowest BCUT2D eigenvalue weighted by Gasteiger charge is -2.46. The van der Waals surface area contributed by atoms with Crippen molar-refractivity contribution in [2.45, 2.75) is 78.0 Å². The average molecular weight is 270 g/mol. The highest BCUT2D eigenvalue weighted by Gasteiger charge is 2.33. The van der Waals surface area contributed by atoms with E-state index in [1.807, 2.05) is 0 Å². The van der Waals surface area contributed by atoms with Crippen LogP contribution in [0.2, 0.25) is 0 Å². The van der Waals surface area contributed by atoms with Gasteiger partial charge in [-0.05, 0) is 53.0 Å². The Kier molecular flexibility index (Phi) is 7.33. The molecule has 2 unspecified atom stereocenters. The maximum absolute atomic E-state index is 5.62. The van der Waals surface area contributed by atoms with Crippen LogP contribution >= 0.6 is 0 Å². The smallest absolute Gasteiger partial charge is 0.0518 e. The summed E-state index contributed by atoms with van der Waals surface area (Å²) in [6.45, 7) is 15.6. The first-order chi connectivity index (χ1) is 9.00. The van der Waals surface area contributed by atoms with Crippen LogP contribution in [0.1, 0.15) is 60.3 Å². The largest absolute Gasteiger partial charge is 0.379 e.